The molecule has 1 aliphatic heterocycles. The molecule has 2 amide bonds. The lowest BCUT2D eigenvalue weighted by Gasteiger charge is -2.13. The zero-order chi connectivity index (χ0) is 13.5. The summed E-state index contributed by atoms with van der Waals surface area (Å²) in [7, 11) is 0. The average molecular weight is 280 g/mol. The van der Waals surface area contributed by atoms with E-state index in [0.717, 1.165) is 35.8 Å². The number of hydrogen-bond acceptors (Lipinski definition) is 3. The lowest BCUT2D eigenvalue weighted by molar-refractivity contribution is 0.112. The summed E-state index contributed by atoms with van der Waals surface area (Å²) in [6.45, 7) is 3.48. The van der Waals surface area contributed by atoms with Gasteiger partial charge in [-0.05, 0) is 30.7 Å². The van der Waals surface area contributed by atoms with Crippen molar-refractivity contribution in [3.05, 3.63) is 24.3 Å². The normalized spacial score (nSPS) is 18.3. The highest BCUT2D eigenvalue weighted by Gasteiger charge is 2.16. The van der Waals surface area contributed by atoms with Crippen LogP contribution in [0.1, 0.15) is 19.8 Å². The molecular weight excluding hydrogens is 260 g/mol. The number of hydrogen-bond donors (Lipinski definition) is 2. The molecule has 1 atom stereocenters. The van der Waals surface area contributed by atoms with Crippen LogP contribution in [0, 0.1) is 0 Å². The highest BCUT2D eigenvalue weighted by molar-refractivity contribution is 7.99. The second-order valence-electron chi connectivity index (χ2n) is 4.40. The molecule has 2 N–H and O–H groups in total. The molecule has 1 aromatic carbocycles. The van der Waals surface area contributed by atoms with Crippen molar-refractivity contribution in [1.82, 2.24) is 5.32 Å². The average Bonchev–Trinajstić information content (AvgIpc) is 2.92. The van der Waals surface area contributed by atoms with Gasteiger partial charge in [0.05, 0.1) is 11.8 Å². The summed E-state index contributed by atoms with van der Waals surface area (Å²) < 4.78 is 5.47. The highest BCUT2D eigenvalue weighted by Crippen LogP contribution is 2.26. The van der Waals surface area contributed by atoms with Crippen molar-refractivity contribution in [2.24, 2.45) is 0 Å². The summed E-state index contributed by atoms with van der Waals surface area (Å²) in [4.78, 5) is 12.9. The molecule has 1 heterocycles. The Balaban J connectivity index is 1.83. The molecule has 104 valence electrons. The van der Waals surface area contributed by atoms with Crippen molar-refractivity contribution < 1.29 is 9.53 Å². The molecule has 0 saturated carbocycles. The van der Waals surface area contributed by atoms with E-state index in [4.69, 9.17) is 4.74 Å². The number of amides is 2. The van der Waals surface area contributed by atoms with E-state index in [1.54, 1.807) is 11.8 Å². The number of carbonyl (C=O) groups excluding carboxylic acids is 1. The summed E-state index contributed by atoms with van der Waals surface area (Å²) in [6, 6.07) is 7.68. The van der Waals surface area contributed by atoms with E-state index in [-0.39, 0.29) is 12.1 Å². The fraction of sp³-hybridized carbons (Fsp3) is 0.500. The molecule has 4 nitrogen and oxygen atoms in total. The molecule has 2 rings (SSSR count). The number of nitrogens with one attached hydrogen (secondary N) is 2. The van der Waals surface area contributed by atoms with E-state index in [2.05, 4.69) is 17.6 Å². The first-order valence-electron chi connectivity index (χ1n) is 6.68. The van der Waals surface area contributed by atoms with Crippen molar-refractivity contribution in [2.75, 3.05) is 24.2 Å². The maximum atomic E-state index is 11.8. The molecular formula is C14H20N2O2S. The van der Waals surface area contributed by atoms with Gasteiger partial charge in [-0.1, -0.05) is 19.1 Å². The van der Waals surface area contributed by atoms with Crippen LogP contribution < -0.4 is 10.6 Å². The van der Waals surface area contributed by atoms with Crippen LogP contribution in [0.4, 0.5) is 10.5 Å². The second-order valence-corrected chi connectivity index (χ2v) is 5.71. The third-order valence-electron chi connectivity index (χ3n) is 2.95. The summed E-state index contributed by atoms with van der Waals surface area (Å²) in [6.07, 6.45) is 2.29. The number of urea groups is 1. The van der Waals surface area contributed by atoms with Gasteiger partial charge < -0.3 is 15.4 Å². The molecule has 1 saturated heterocycles. The summed E-state index contributed by atoms with van der Waals surface area (Å²) in [5.74, 6) is 0.982. The van der Waals surface area contributed by atoms with Crippen molar-refractivity contribution in [3.63, 3.8) is 0 Å². The van der Waals surface area contributed by atoms with E-state index in [0.29, 0.717) is 6.54 Å². The molecule has 19 heavy (non-hydrogen) atoms. The minimum absolute atomic E-state index is 0.167. The van der Waals surface area contributed by atoms with Crippen LogP contribution >= 0.6 is 11.8 Å². The van der Waals surface area contributed by atoms with E-state index in [1.807, 2.05) is 24.3 Å². The van der Waals surface area contributed by atoms with E-state index >= 15 is 0 Å². The van der Waals surface area contributed by atoms with Crippen LogP contribution in [0.2, 0.25) is 0 Å². The zero-order valence-corrected chi connectivity index (χ0v) is 12.0. The van der Waals surface area contributed by atoms with Crippen LogP contribution in [-0.2, 0) is 4.74 Å². The Morgan fingerprint density at radius 2 is 2.32 bits per heavy atom. The van der Waals surface area contributed by atoms with Crippen molar-refractivity contribution in [1.29, 1.82) is 0 Å². The Hall–Kier alpha value is -1.20. The minimum atomic E-state index is -0.167. The molecule has 0 spiro atoms. The third-order valence-corrected chi connectivity index (χ3v) is 3.91. The van der Waals surface area contributed by atoms with Gasteiger partial charge in [0.2, 0.25) is 0 Å². The molecule has 1 aliphatic rings. The number of benzene rings is 1. The van der Waals surface area contributed by atoms with Crippen LogP contribution in [0.5, 0.6) is 0 Å². The number of thioether (sulfide) groups is 1. The van der Waals surface area contributed by atoms with Gasteiger partial charge in [-0.2, -0.15) is 0 Å². The Kier molecular flexibility index (Phi) is 5.54. The maximum Gasteiger partial charge on any atom is 0.319 e. The molecule has 0 aliphatic carbocycles. The maximum absolute atomic E-state index is 11.8. The van der Waals surface area contributed by atoms with Crippen LogP contribution in [0.15, 0.2) is 29.2 Å². The van der Waals surface area contributed by atoms with Gasteiger partial charge in [0.1, 0.15) is 0 Å². The third kappa shape index (κ3) is 4.44. The lowest BCUT2D eigenvalue weighted by atomic mass is 10.2. The standard InChI is InChI=1S/C14H20N2O2S/c1-2-19-13-8-4-3-7-12(13)16-14(17)15-10-11-6-5-9-18-11/h3-4,7-8,11H,2,5-6,9-10H2,1H3,(H2,15,16,17)/t11-/m0/s1. The summed E-state index contributed by atoms with van der Waals surface area (Å²) >= 11 is 1.72. The van der Waals surface area contributed by atoms with Gasteiger partial charge in [0, 0.05) is 18.0 Å². The Morgan fingerprint density at radius 1 is 1.47 bits per heavy atom. The van der Waals surface area contributed by atoms with E-state index in [1.165, 1.54) is 0 Å². The number of rotatable bonds is 5. The van der Waals surface area contributed by atoms with Crippen molar-refractivity contribution in [3.8, 4) is 0 Å². The fourth-order valence-electron chi connectivity index (χ4n) is 2.03. The first-order valence-corrected chi connectivity index (χ1v) is 7.66. The number of anilines is 1. The van der Waals surface area contributed by atoms with Gasteiger partial charge >= 0.3 is 6.03 Å². The Morgan fingerprint density at radius 3 is 3.05 bits per heavy atom. The number of para-hydroxylation sites is 1. The monoisotopic (exact) mass is 280 g/mol. The fourth-order valence-corrected chi connectivity index (χ4v) is 2.79. The van der Waals surface area contributed by atoms with Gasteiger partial charge in [0.25, 0.3) is 0 Å². The van der Waals surface area contributed by atoms with Crippen molar-refractivity contribution in [2.45, 2.75) is 30.8 Å². The molecule has 0 unspecified atom stereocenters. The van der Waals surface area contributed by atoms with Crippen LogP contribution in [0.3, 0.4) is 0 Å². The predicted molar refractivity (Wildman–Crippen MR) is 78.8 cm³/mol. The largest absolute Gasteiger partial charge is 0.376 e. The number of ether oxygens (including phenoxy) is 1. The quantitative estimate of drug-likeness (QED) is 0.815. The predicted octanol–water partition coefficient (Wildman–Crippen LogP) is 3.10. The molecule has 1 fully saturated rings. The van der Waals surface area contributed by atoms with Gasteiger partial charge in [-0.25, -0.2) is 4.79 Å². The SMILES string of the molecule is CCSc1ccccc1NC(=O)NC[C@@H]1CCCO1. The van der Waals surface area contributed by atoms with Crippen molar-refractivity contribution >= 4 is 23.5 Å². The second kappa shape index (κ2) is 7.40. The zero-order valence-electron chi connectivity index (χ0n) is 11.1. The topological polar surface area (TPSA) is 50.4 Å². The smallest absolute Gasteiger partial charge is 0.319 e. The van der Waals surface area contributed by atoms with Gasteiger partial charge in [0.15, 0.2) is 0 Å². The highest BCUT2D eigenvalue weighted by atomic mass is 32.2. The van der Waals surface area contributed by atoms with Crippen LogP contribution in [0.25, 0.3) is 0 Å². The molecule has 5 heteroatoms. The molecule has 0 aromatic heterocycles. The molecule has 0 bridgehead atoms. The Labute approximate surface area is 118 Å². The number of carbonyl (C=O) groups is 1. The van der Waals surface area contributed by atoms with E-state index in [9.17, 15) is 4.79 Å². The van der Waals surface area contributed by atoms with Crippen LogP contribution in [-0.4, -0.2) is 31.0 Å². The van der Waals surface area contributed by atoms with E-state index < -0.39 is 0 Å². The summed E-state index contributed by atoms with van der Waals surface area (Å²) in [5.41, 5.74) is 0.860. The molecule has 1 aromatic rings. The Bertz CT molecular complexity index is 420. The van der Waals surface area contributed by atoms with Gasteiger partial charge in [-0.3, -0.25) is 0 Å². The molecule has 0 radical (unpaired) electrons. The minimum Gasteiger partial charge on any atom is -0.376 e. The first-order chi connectivity index (χ1) is 9.29. The summed E-state index contributed by atoms with van der Waals surface area (Å²) in [5, 5.41) is 5.75. The lowest BCUT2D eigenvalue weighted by Crippen LogP contribution is -2.35. The first kappa shape index (κ1) is 14.2. The van der Waals surface area contributed by atoms with Gasteiger partial charge in [-0.15, -0.1) is 11.8 Å².